The standard InChI is InChI=1S/C16H23ClN2/c1-4-9-19-15-8-6-5-7-14(15)18-16(19)11-12(2)10-13(3)17/h5-8,12-13H,4,9-11H2,1-3H3. The molecule has 2 aromatic rings. The Morgan fingerprint density at radius 1 is 1.26 bits per heavy atom. The SMILES string of the molecule is CCCn1c(CC(C)CC(C)Cl)nc2ccccc21. The number of halogens is 1. The molecule has 0 saturated heterocycles. The lowest BCUT2D eigenvalue weighted by atomic mass is 10.0. The van der Waals surface area contributed by atoms with E-state index in [1.807, 2.05) is 0 Å². The fourth-order valence-corrected chi connectivity index (χ4v) is 3.01. The first-order chi connectivity index (χ1) is 9.11. The van der Waals surface area contributed by atoms with Gasteiger partial charge in [-0.1, -0.05) is 26.0 Å². The van der Waals surface area contributed by atoms with Crippen molar-refractivity contribution in [2.75, 3.05) is 0 Å². The van der Waals surface area contributed by atoms with Crippen LogP contribution in [0.5, 0.6) is 0 Å². The minimum atomic E-state index is 0.235. The van der Waals surface area contributed by atoms with Crippen LogP contribution in [0.4, 0.5) is 0 Å². The highest BCUT2D eigenvalue weighted by Crippen LogP contribution is 2.21. The van der Waals surface area contributed by atoms with Crippen LogP contribution in [0, 0.1) is 5.92 Å². The van der Waals surface area contributed by atoms with Gasteiger partial charge >= 0.3 is 0 Å². The van der Waals surface area contributed by atoms with E-state index in [1.54, 1.807) is 0 Å². The Balaban J connectivity index is 2.28. The zero-order chi connectivity index (χ0) is 13.8. The second kappa shape index (κ2) is 6.42. The summed E-state index contributed by atoms with van der Waals surface area (Å²) in [5, 5.41) is 0.235. The summed E-state index contributed by atoms with van der Waals surface area (Å²) in [6.07, 6.45) is 3.18. The smallest absolute Gasteiger partial charge is 0.110 e. The fraction of sp³-hybridized carbons (Fsp3) is 0.562. The molecule has 0 aliphatic heterocycles. The number of nitrogens with zero attached hydrogens (tertiary/aromatic N) is 2. The van der Waals surface area contributed by atoms with E-state index in [0.29, 0.717) is 5.92 Å². The van der Waals surface area contributed by atoms with E-state index in [1.165, 1.54) is 11.3 Å². The van der Waals surface area contributed by atoms with Crippen LogP contribution in [-0.2, 0) is 13.0 Å². The molecule has 1 aromatic carbocycles. The number of rotatable bonds is 6. The van der Waals surface area contributed by atoms with Gasteiger partial charge in [0.05, 0.1) is 11.0 Å². The van der Waals surface area contributed by atoms with Crippen LogP contribution in [0.3, 0.4) is 0 Å². The summed E-state index contributed by atoms with van der Waals surface area (Å²) in [5.74, 6) is 1.77. The second-order valence-corrected chi connectivity index (χ2v) is 6.24. The van der Waals surface area contributed by atoms with Gasteiger partial charge in [0.2, 0.25) is 0 Å². The average molecular weight is 279 g/mol. The van der Waals surface area contributed by atoms with Gasteiger partial charge in [-0.05, 0) is 37.8 Å². The Hall–Kier alpha value is -1.02. The third-order valence-corrected chi connectivity index (χ3v) is 3.62. The molecular weight excluding hydrogens is 256 g/mol. The van der Waals surface area contributed by atoms with Crippen LogP contribution < -0.4 is 0 Å². The number of alkyl halides is 1. The highest BCUT2D eigenvalue weighted by atomic mass is 35.5. The van der Waals surface area contributed by atoms with Gasteiger partial charge in [-0.25, -0.2) is 4.98 Å². The van der Waals surface area contributed by atoms with Crippen LogP contribution in [0.2, 0.25) is 0 Å². The first kappa shape index (κ1) is 14.4. The molecular formula is C16H23ClN2. The van der Waals surface area contributed by atoms with Crippen LogP contribution in [-0.4, -0.2) is 14.9 Å². The van der Waals surface area contributed by atoms with Gasteiger partial charge < -0.3 is 4.57 Å². The molecule has 0 spiro atoms. The van der Waals surface area contributed by atoms with Crippen molar-refractivity contribution in [1.29, 1.82) is 0 Å². The number of imidazole rings is 1. The number of hydrogen-bond acceptors (Lipinski definition) is 1. The lowest BCUT2D eigenvalue weighted by molar-refractivity contribution is 0.497. The Bertz CT molecular complexity index is 531. The number of fused-ring (bicyclic) bond motifs is 1. The average Bonchev–Trinajstić information content (AvgIpc) is 2.67. The molecule has 0 N–H and O–H groups in total. The van der Waals surface area contributed by atoms with E-state index in [-0.39, 0.29) is 5.38 Å². The summed E-state index contributed by atoms with van der Waals surface area (Å²) in [4.78, 5) is 4.80. The predicted octanol–water partition coefficient (Wildman–Crippen LogP) is 4.64. The molecule has 104 valence electrons. The minimum Gasteiger partial charge on any atom is -0.328 e. The number of aromatic nitrogens is 2. The van der Waals surface area contributed by atoms with Gasteiger partial charge in [-0.2, -0.15) is 0 Å². The van der Waals surface area contributed by atoms with Crippen LogP contribution >= 0.6 is 11.6 Å². The summed E-state index contributed by atoms with van der Waals surface area (Å²) in [6.45, 7) is 7.57. The third-order valence-electron chi connectivity index (χ3n) is 3.44. The Morgan fingerprint density at radius 3 is 2.68 bits per heavy atom. The van der Waals surface area contributed by atoms with Gasteiger partial charge in [0, 0.05) is 18.3 Å². The molecule has 0 aliphatic carbocycles. The van der Waals surface area contributed by atoms with E-state index in [4.69, 9.17) is 16.6 Å². The molecule has 1 aromatic heterocycles. The number of hydrogen-bond donors (Lipinski definition) is 0. The Morgan fingerprint density at radius 2 is 2.00 bits per heavy atom. The van der Waals surface area contributed by atoms with Crippen molar-refractivity contribution < 1.29 is 0 Å². The van der Waals surface area contributed by atoms with Gasteiger partial charge in [0.25, 0.3) is 0 Å². The van der Waals surface area contributed by atoms with Crippen LogP contribution in [0.15, 0.2) is 24.3 Å². The van der Waals surface area contributed by atoms with E-state index in [0.717, 1.165) is 31.3 Å². The van der Waals surface area contributed by atoms with Gasteiger partial charge in [-0.15, -0.1) is 11.6 Å². The minimum absolute atomic E-state index is 0.235. The van der Waals surface area contributed by atoms with E-state index in [9.17, 15) is 0 Å². The second-order valence-electron chi connectivity index (χ2n) is 5.49. The molecule has 2 rings (SSSR count). The highest BCUT2D eigenvalue weighted by Gasteiger charge is 2.14. The number of benzene rings is 1. The molecule has 2 nitrogen and oxygen atoms in total. The molecule has 0 saturated carbocycles. The fourth-order valence-electron chi connectivity index (χ4n) is 2.70. The highest BCUT2D eigenvalue weighted by molar-refractivity contribution is 6.20. The largest absolute Gasteiger partial charge is 0.328 e. The topological polar surface area (TPSA) is 17.8 Å². The van der Waals surface area contributed by atoms with Crippen LogP contribution in [0.25, 0.3) is 11.0 Å². The van der Waals surface area contributed by atoms with Crippen molar-refractivity contribution in [3.05, 3.63) is 30.1 Å². The molecule has 0 radical (unpaired) electrons. The maximum atomic E-state index is 6.09. The van der Waals surface area contributed by atoms with Crippen molar-refractivity contribution in [3.63, 3.8) is 0 Å². The third kappa shape index (κ3) is 3.50. The maximum absolute atomic E-state index is 6.09. The number of aryl methyl sites for hydroxylation is 1. The zero-order valence-electron chi connectivity index (χ0n) is 12.1. The maximum Gasteiger partial charge on any atom is 0.110 e. The molecule has 2 unspecified atom stereocenters. The Labute approximate surface area is 120 Å². The molecule has 0 fully saturated rings. The molecule has 3 heteroatoms. The molecule has 0 bridgehead atoms. The van der Waals surface area contributed by atoms with Crippen molar-refractivity contribution in [1.82, 2.24) is 9.55 Å². The van der Waals surface area contributed by atoms with Crippen molar-refractivity contribution >= 4 is 22.6 Å². The normalized spacial score (nSPS) is 14.7. The summed E-state index contributed by atoms with van der Waals surface area (Å²) >= 11 is 6.09. The van der Waals surface area contributed by atoms with E-state index in [2.05, 4.69) is 49.6 Å². The molecule has 1 heterocycles. The number of para-hydroxylation sites is 2. The summed E-state index contributed by atoms with van der Waals surface area (Å²) in [5.41, 5.74) is 2.36. The summed E-state index contributed by atoms with van der Waals surface area (Å²) in [7, 11) is 0. The molecule has 0 aliphatic rings. The first-order valence-electron chi connectivity index (χ1n) is 7.20. The summed E-state index contributed by atoms with van der Waals surface area (Å²) < 4.78 is 2.37. The van der Waals surface area contributed by atoms with E-state index >= 15 is 0 Å². The van der Waals surface area contributed by atoms with Crippen molar-refractivity contribution in [2.24, 2.45) is 5.92 Å². The quantitative estimate of drug-likeness (QED) is 0.704. The van der Waals surface area contributed by atoms with Crippen molar-refractivity contribution in [2.45, 2.75) is 52.0 Å². The lowest BCUT2D eigenvalue weighted by Gasteiger charge is -2.14. The molecule has 0 amide bonds. The monoisotopic (exact) mass is 278 g/mol. The van der Waals surface area contributed by atoms with Crippen molar-refractivity contribution in [3.8, 4) is 0 Å². The summed E-state index contributed by atoms with van der Waals surface area (Å²) in [6, 6.07) is 8.40. The van der Waals surface area contributed by atoms with Gasteiger partial charge in [0.1, 0.15) is 5.82 Å². The first-order valence-corrected chi connectivity index (χ1v) is 7.63. The Kier molecular flexibility index (Phi) is 4.87. The van der Waals surface area contributed by atoms with Crippen LogP contribution in [0.1, 0.15) is 39.4 Å². The molecule has 19 heavy (non-hydrogen) atoms. The lowest BCUT2D eigenvalue weighted by Crippen LogP contribution is -2.11. The van der Waals surface area contributed by atoms with E-state index < -0.39 is 0 Å². The van der Waals surface area contributed by atoms with Gasteiger partial charge in [-0.3, -0.25) is 0 Å². The van der Waals surface area contributed by atoms with Gasteiger partial charge in [0.15, 0.2) is 0 Å². The zero-order valence-corrected chi connectivity index (χ0v) is 12.8. The molecule has 2 atom stereocenters. The predicted molar refractivity (Wildman–Crippen MR) is 82.8 cm³/mol.